The predicted octanol–water partition coefficient (Wildman–Crippen LogP) is 4.29. The SMILES string of the molecule is CCC1CCC[C@@]1(C(N)=O)[C@@H](CC(C)C)C(=O)N[C@H]1N=C(c2ccccc2)c2ccccc2N(C)C1=O. The number of carbonyl (C=O) groups excluding carboxylic acids is 3. The fourth-order valence-corrected chi connectivity index (χ4v) is 6.33. The summed E-state index contributed by atoms with van der Waals surface area (Å²) in [5, 5.41) is 2.95. The van der Waals surface area contributed by atoms with Crippen LogP contribution in [0.15, 0.2) is 59.6 Å². The number of primary amides is 1. The lowest BCUT2D eigenvalue weighted by atomic mass is 9.64. The van der Waals surface area contributed by atoms with Crippen molar-refractivity contribution in [1.82, 2.24) is 5.32 Å². The van der Waals surface area contributed by atoms with Gasteiger partial charge in [-0.1, -0.05) is 82.1 Å². The van der Waals surface area contributed by atoms with Crippen molar-refractivity contribution in [3.8, 4) is 0 Å². The van der Waals surface area contributed by atoms with Crippen LogP contribution in [0.25, 0.3) is 0 Å². The monoisotopic (exact) mass is 502 g/mol. The molecule has 3 N–H and O–H groups in total. The van der Waals surface area contributed by atoms with Crippen LogP contribution in [0, 0.1) is 23.2 Å². The standard InChI is InChI=1S/C30H38N4O3/c1-5-21-14-11-17-30(21,29(31)37)23(18-19(2)3)27(35)33-26-28(36)34(4)24-16-10-9-15-22(24)25(32-26)20-12-7-6-8-13-20/h6-10,12-13,15-16,19,21,23,26H,5,11,14,17-18H2,1-4H3,(H2,31,37)(H,33,35)/t21?,23-,26+,30-/m0/s1. The topological polar surface area (TPSA) is 105 Å². The maximum atomic E-state index is 14.0. The third kappa shape index (κ3) is 4.91. The molecule has 3 amide bonds. The molecule has 7 heteroatoms. The highest BCUT2D eigenvalue weighted by Crippen LogP contribution is 2.52. The zero-order valence-electron chi connectivity index (χ0n) is 22.2. The summed E-state index contributed by atoms with van der Waals surface area (Å²) in [6, 6.07) is 17.3. The number of anilines is 1. The zero-order chi connectivity index (χ0) is 26.7. The Bertz CT molecular complexity index is 1190. The molecular formula is C30H38N4O3. The maximum absolute atomic E-state index is 14.0. The minimum Gasteiger partial charge on any atom is -0.369 e. The highest BCUT2D eigenvalue weighted by atomic mass is 16.2. The third-order valence-corrected chi connectivity index (χ3v) is 8.14. The molecule has 4 atom stereocenters. The Morgan fingerprint density at radius 3 is 2.46 bits per heavy atom. The molecule has 7 nitrogen and oxygen atoms in total. The van der Waals surface area contributed by atoms with Gasteiger partial charge >= 0.3 is 0 Å². The average Bonchev–Trinajstić information content (AvgIpc) is 3.30. The Hall–Kier alpha value is -3.48. The van der Waals surface area contributed by atoms with Crippen molar-refractivity contribution in [3.63, 3.8) is 0 Å². The minimum absolute atomic E-state index is 0.0413. The third-order valence-electron chi connectivity index (χ3n) is 8.14. The van der Waals surface area contributed by atoms with Crippen molar-refractivity contribution in [2.45, 2.75) is 59.0 Å². The van der Waals surface area contributed by atoms with E-state index < -0.39 is 23.4 Å². The van der Waals surface area contributed by atoms with Gasteiger partial charge in [0.1, 0.15) is 0 Å². The van der Waals surface area contributed by atoms with Crippen molar-refractivity contribution in [2.75, 3.05) is 11.9 Å². The van der Waals surface area contributed by atoms with Crippen molar-refractivity contribution < 1.29 is 14.4 Å². The second-order valence-electron chi connectivity index (χ2n) is 10.8. The highest BCUT2D eigenvalue weighted by molar-refractivity contribution is 6.20. The van der Waals surface area contributed by atoms with Crippen LogP contribution in [0.2, 0.25) is 0 Å². The molecule has 2 aromatic rings. The molecule has 0 bridgehead atoms. The fraction of sp³-hybridized carbons (Fsp3) is 0.467. The molecule has 196 valence electrons. The van der Waals surface area contributed by atoms with Gasteiger partial charge in [-0.2, -0.15) is 0 Å². The van der Waals surface area contributed by atoms with Crippen LogP contribution in [0.5, 0.6) is 0 Å². The molecule has 0 saturated heterocycles. The van der Waals surface area contributed by atoms with E-state index in [1.807, 2.05) is 68.4 Å². The number of fused-ring (bicyclic) bond motifs is 1. The predicted molar refractivity (Wildman–Crippen MR) is 146 cm³/mol. The van der Waals surface area contributed by atoms with Gasteiger partial charge in [0.05, 0.1) is 22.7 Å². The molecule has 2 aromatic carbocycles. The number of hydrogen-bond donors (Lipinski definition) is 2. The maximum Gasteiger partial charge on any atom is 0.272 e. The normalized spacial score (nSPS) is 24.3. The van der Waals surface area contributed by atoms with E-state index >= 15 is 0 Å². The number of amides is 3. The van der Waals surface area contributed by atoms with E-state index in [9.17, 15) is 14.4 Å². The number of para-hydroxylation sites is 1. The molecule has 1 saturated carbocycles. The van der Waals surface area contributed by atoms with Crippen molar-refractivity contribution in [1.29, 1.82) is 0 Å². The number of rotatable bonds is 8. The lowest BCUT2D eigenvalue weighted by Gasteiger charge is -2.40. The summed E-state index contributed by atoms with van der Waals surface area (Å²) >= 11 is 0. The zero-order valence-corrected chi connectivity index (χ0v) is 22.2. The summed E-state index contributed by atoms with van der Waals surface area (Å²) < 4.78 is 0. The quantitative estimate of drug-likeness (QED) is 0.563. The summed E-state index contributed by atoms with van der Waals surface area (Å²) in [6.07, 6.45) is 2.49. The Morgan fingerprint density at radius 1 is 1.14 bits per heavy atom. The summed E-state index contributed by atoms with van der Waals surface area (Å²) in [5.41, 5.74) is 8.16. The Kier molecular flexibility index (Phi) is 7.81. The number of likely N-dealkylation sites (N-methyl/N-ethyl adjacent to an activating group) is 1. The largest absolute Gasteiger partial charge is 0.369 e. The van der Waals surface area contributed by atoms with Gasteiger partial charge in [-0.05, 0) is 37.2 Å². The van der Waals surface area contributed by atoms with Gasteiger partial charge in [-0.15, -0.1) is 0 Å². The summed E-state index contributed by atoms with van der Waals surface area (Å²) in [5.74, 6) is -1.49. The van der Waals surface area contributed by atoms with Crippen molar-refractivity contribution in [2.24, 2.45) is 33.9 Å². The van der Waals surface area contributed by atoms with E-state index in [4.69, 9.17) is 10.7 Å². The first-order chi connectivity index (χ1) is 17.7. The van der Waals surface area contributed by atoms with E-state index in [0.29, 0.717) is 18.6 Å². The van der Waals surface area contributed by atoms with Crippen LogP contribution in [0.4, 0.5) is 5.69 Å². The number of benzodiazepines with no additional fused rings is 1. The number of carbonyl (C=O) groups is 3. The van der Waals surface area contributed by atoms with Gasteiger partial charge in [0.25, 0.3) is 5.91 Å². The van der Waals surface area contributed by atoms with Gasteiger partial charge < -0.3 is 16.0 Å². The van der Waals surface area contributed by atoms with Crippen LogP contribution in [-0.4, -0.2) is 36.6 Å². The highest BCUT2D eigenvalue weighted by Gasteiger charge is 2.55. The van der Waals surface area contributed by atoms with E-state index in [1.165, 1.54) is 0 Å². The second kappa shape index (κ2) is 10.9. The molecule has 2 aliphatic rings. The molecule has 1 heterocycles. The molecule has 0 spiro atoms. The van der Waals surface area contributed by atoms with Crippen LogP contribution in [0.1, 0.15) is 64.0 Å². The van der Waals surface area contributed by atoms with Gasteiger partial charge in [0.15, 0.2) is 0 Å². The van der Waals surface area contributed by atoms with Crippen LogP contribution in [0.3, 0.4) is 0 Å². The first-order valence-corrected chi connectivity index (χ1v) is 13.3. The molecule has 1 fully saturated rings. The lowest BCUT2D eigenvalue weighted by Crippen LogP contribution is -2.55. The summed E-state index contributed by atoms with van der Waals surface area (Å²) in [6.45, 7) is 6.13. The van der Waals surface area contributed by atoms with E-state index in [2.05, 4.69) is 12.2 Å². The first-order valence-electron chi connectivity index (χ1n) is 13.3. The second-order valence-corrected chi connectivity index (χ2v) is 10.8. The molecule has 0 aromatic heterocycles. The first kappa shape index (κ1) is 26.6. The number of nitrogens with one attached hydrogen (secondary N) is 1. The number of aliphatic imine (C=N–C) groups is 1. The smallest absolute Gasteiger partial charge is 0.272 e. The summed E-state index contributed by atoms with van der Waals surface area (Å²) in [4.78, 5) is 47.0. The Labute approximate surface area is 219 Å². The molecule has 0 radical (unpaired) electrons. The Balaban J connectivity index is 1.77. The van der Waals surface area contributed by atoms with Crippen molar-refractivity contribution >= 4 is 29.1 Å². The number of benzene rings is 2. The molecule has 1 unspecified atom stereocenters. The van der Waals surface area contributed by atoms with Crippen molar-refractivity contribution in [3.05, 3.63) is 65.7 Å². The van der Waals surface area contributed by atoms with Crippen LogP contribution < -0.4 is 16.0 Å². The fourth-order valence-electron chi connectivity index (χ4n) is 6.33. The lowest BCUT2D eigenvalue weighted by molar-refractivity contribution is -0.145. The van der Waals surface area contributed by atoms with Gasteiger partial charge in [0.2, 0.25) is 18.0 Å². The molecular weight excluding hydrogens is 464 g/mol. The Morgan fingerprint density at radius 2 is 1.81 bits per heavy atom. The van der Waals surface area contributed by atoms with Crippen LogP contribution in [-0.2, 0) is 14.4 Å². The molecule has 1 aliphatic carbocycles. The number of nitrogens with two attached hydrogens (primary N) is 1. The van der Waals surface area contributed by atoms with Gasteiger partial charge in [-0.3, -0.25) is 14.4 Å². The van der Waals surface area contributed by atoms with Gasteiger partial charge in [-0.25, -0.2) is 4.99 Å². The minimum atomic E-state index is -1.12. The van der Waals surface area contributed by atoms with E-state index in [-0.39, 0.29) is 23.7 Å². The molecule has 4 rings (SSSR count). The number of hydrogen-bond acceptors (Lipinski definition) is 4. The van der Waals surface area contributed by atoms with Gasteiger partial charge in [0, 0.05) is 18.2 Å². The van der Waals surface area contributed by atoms with E-state index in [1.54, 1.807) is 11.9 Å². The number of nitrogens with zero attached hydrogens (tertiary/aromatic N) is 2. The van der Waals surface area contributed by atoms with Crippen LogP contribution >= 0.6 is 0 Å². The van der Waals surface area contributed by atoms with E-state index in [0.717, 1.165) is 36.1 Å². The summed E-state index contributed by atoms with van der Waals surface area (Å²) in [7, 11) is 1.70. The molecule has 37 heavy (non-hydrogen) atoms. The molecule has 1 aliphatic heterocycles. The average molecular weight is 503 g/mol.